The molecule has 0 N–H and O–H groups in total. The molecule has 3 aromatic carbocycles. The molecule has 0 spiro atoms. The van der Waals surface area contributed by atoms with Crippen molar-refractivity contribution in [3.8, 4) is 0 Å². The van der Waals surface area contributed by atoms with Crippen LogP contribution in [0.5, 0.6) is 0 Å². The number of rotatable bonds is 5. The number of anilines is 1. The van der Waals surface area contributed by atoms with Crippen molar-refractivity contribution < 1.29 is 28.3 Å². The van der Waals surface area contributed by atoms with Crippen molar-refractivity contribution in [2.45, 2.75) is 18.6 Å². The van der Waals surface area contributed by atoms with E-state index in [0.29, 0.717) is 16.8 Å². The molecule has 2 atom stereocenters. The monoisotopic (exact) mass is 449 g/mol. The maximum Gasteiger partial charge on any atom is 0.325 e. The summed E-state index contributed by atoms with van der Waals surface area (Å²) in [5.41, 5.74) is 0.170. The zero-order valence-electron chi connectivity index (χ0n) is 18.3. The first-order valence-electron chi connectivity index (χ1n) is 10.5. The number of benzene rings is 3. The van der Waals surface area contributed by atoms with Gasteiger partial charge in [-0.15, -0.1) is 0 Å². The number of nitrogens with zero attached hydrogens (tertiary/aromatic N) is 1. The molecule has 0 radical (unpaired) electrons. The predicted molar refractivity (Wildman–Crippen MR) is 119 cm³/mol. The summed E-state index contributed by atoms with van der Waals surface area (Å²) >= 11 is 0. The van der Waals surface area contributed by atoms with Crippen molar-refractivity contribution in [1.29, 1.82) is 0 Å². The lowest BCUT2D eigenvalue weighted by Gasteiger charge is -2.49. The number of esters is 2. The standard InChI is InChI=1S/C26H24FNO5/c1-31-24(29)26(25(30)32-2)17-22(18-13-15-20(27)16-14-18)33-28(21-11-7-4-8-12-21)23(26)19-9-5-3-6-10-19/h3-16,22-23H,17H2,1-2H3. The van der Waals surface area contributed by atoms with Crippen LogP contribution < -0.4 is 5.06 Å². The van der Waals surface area contributed by atoms with Crippen molar-refractivity contribution in [3.05, 3.63) is 102 Å². The van der Waals surface area contributed by atoms with Crippen LogP contribution in [-0.4, -0.2) is 26.2 Å². The lowest BCUT2D eigenvalue weighted by molar-refractivity contribution is -0.186. The summed E-state index contributed by atoms with van der Waals surface area (Å²) in [7, 11) is 2.48. The number of carbonyl (C=O) groups is 2. The second-order valence-electron chi connectivity index (χ2n) is 7.78. The van der Waals surface area contributed by atoms with Crippen LogP contribution in [0.2, 0.25) is 0 Å². The summed E-state index contributed by atoms with van der Waals surface area (Å²) in [6, 6.07) is 23.2. The number of carbonyl (C=O) groups excluding carboxylic acids is 2. The van der Waals surface area contributed by atoms with E-state index in [9.17, 15) is 14.0 Å². The molecule has 0 aromatic heterocycles. The van der Waals surface area contributed by atoms with E-state index < -0.39 is 35.3 Å². The number of halogens is 1. The average molecular weight is 449 g/mol. The van der Waals surface area contributed by atoms with E-state index in [0.717, 1.165) is 0 Å². The first-order chi connectivity index (χ1) is 16.0. The summed E-state index contributed by atoms with van der Waals surface area (Å²) in [5.74, 6) is -1.87. The first-order valence-corrected chi connectivity index (χ1v) is 10.5. The van der Waals surface area contributed by atoms with Gasteiger partial charge in [0.15, 0.2) is 5.41 Å². The summed E-state index contributed by atoms with van der Waals surface area (Å²) in [6.07, 6.45) is -0.801. The molecule has 7 heteroatoms. The Morgan fingerprint density at radius 3 is 1.94 bits per heavy atom. The van der Waals surface area contributed by atoms with Gasteiger partial charge in [0.05, 0.1) is 19.9 Å². The second-order valence-corrected chi connectivity index (χ2v) is 7.78. The van der Waals surface area contributed by atoms with Crippen LogP contribution in [0.3, 0.4) is 0 Å². The molecule has 2 unspecified atom stereocenters. The minimum atomic E-state index is -1.75. The Labute approximate surface area is 191 Å². The summed E-state index contributed by atoms with van der Waals surface area (Å²) in [5, 5.41) is 1.56. The van der Waals surface area contributed by atoms with Crippen LogP contribution in [0.1, 0.15) is 29.7 Å². The minimum Gasteiger partial charge on any atom is -0.468 e. The number of methoxy groups -OCH3 is 2. The molecule has 170 valence electrons. The molecule has 0 bridgehead atoms. The van der Waals surface area contributed by atoms with Gasteiger partial charge in [-0.25, -0.2) is 9.45 Å². The molecule has 1 aliphatic rings. The van der Waals surface area contributed by atoms with Crippen molar-refractivity contribution in [1.82, 2.24) is 0 Å². The molecule has 33 heavy (non-hydrogen) atoms. The first kappa shape index (κ1) is 22.5. The number of hydrogen-bond acceptors (Lipinski definition) is 6. The van der Waals surface area contributed by atoms with E-state index in [1.165, 1.54) is 26.4 Å². The van der Waals surface area contributed by atoms with Gasteiger partial charge >= 0.3 is 11.9 Å². The number of hydrogen-bond donors (Lipinski definition) is 0. The molecule has 1 fully saturated rings. The minimum absolute atomic E-state index is 0.0547. The molecular formula is C26H24FNO5. The SMILES string of the molecule is COC(=O)C1(C(=O)OC)CC(c2ccc(F)cc2)ON(c2ccccc2)C1c1ccccc1. The van der Waals surface area contributed by atoms with E-state index in [2.05, 4.69) is 0 Å². The fraction of sp³-hybridized carbons (Fsp3) is 0.231. The predicted octanol–water partition coefficient (Wildman–Crippen LogP) is 4.78. The van der Waals surface area contributed by atoms with Crippen LogP contribution >= 0.6 is 0 Å². The average Bonchev–Trinajstić information content (AvgIpc) is 2.88. The van der Waals surface area contributed by atoms with Crippen molar-refractivity contribution >= 4 is 17.6 Å². The van der Waals surface area contributed by atoms with Gasteiger partial charge in [0, 0.05) is 6.42 Å². The molecule has 6 nitrogen and oxygen atoms in total. The molecule has 0 amide bonds. The number of ether oxygens (including phenoxy) is 2. The topological polar surface area (TPSA) is 65.1 Å². The summed E-state index contributed by atoms with van der Waals surface area (Å²) in [6.45, 7) is 0. The summed E-state index contributed by atoms with van der Waals surface area (Å²) < 4.78 is 23.9. The Hall–Kier alpha value is -3.71. The molecule has 1 aliphatic heterocycles. The van der Waals surface area contributed by atoms with Crippen LogP contribution in [0.25, 0.3) is 0 Å². The fourth-order valence-electron chi connectivity index (χ4n) is 4.37. The highest BCUT2D eigenvalue weighted by atomic mass is 19.1. The molecule has 3 aromatic rings. The largest absolute Gasteiger partial charge is 0.468 e. The maximum absolute atomic E-state index is 13.6. The number of para-hydroxylation sites is 1. The van der Waals surface area contributed by atoms with Crippen LogP contribution in [0, 0.1) is 11.2 Å². The van der Waals surface area contributed by atoms with Crippen LogP contribution in [-0.2, 0) is 23.9 Å². The highest BCUT2D eigenvalue weighted by molar-refractivity contribution is 6.02. The third-order valence-corrected chi connectivity index (χ3v) is 5.92. The Balaban J connectivity index is 1.96. The van der Waals surface area contributed by atoms with Gasteiger partial charge in [-0.2, -0.15) is 0 Å². The molecule has 0 aliphatic carbocycles. The van der Waals surface area contributed by atoms with Gasteiger partial charge in [-0.05, 0) is 35.4 Å². The third kappa shape index (κ3) is 4.07. The van der Waals surface area contributed by atoms with E-state index >= 15 is 0 Å². The molecule has 1 saturated heterocycles. The van der Waals surface area contributed by atoms with Gasteiger partial charge in [0.25, 0.3) is 0 Å². The van der Waals surface area contributed by atoms with Gasteiger partial charge in [-0.1, -0.05) is 60.7 Å². The van der Waals surface area contributed by atoms with Gasteiger partial charge < -0.3 is 9.47 Å². The van der Waals surface area contributed by atoms with Crippen molar-refractivity contribution in [2.24, 2.45) is 5.41 Å². The lowest BCUT2D eigenvalue weighted by atomic mass is 9.70. The quantitative estimate of drug-likeness (QED) is 0.413. The highest BCUT2D eigenvalue weighted by Gasteiger charge is 2.62. The Morgan fingerprint density at radius 2 is 1.39 bits per heavy atom. The molecule has 0 saturated carbocycles. The Kier molecular flexibility index (Phi) is 6.42. The lowest BCUT2D eigenvalue weighted by Crippen LogP contribution is -2.56. The van der Waals surface area contributed by atoms with E-state index in [4.69, 9.17) is 14.3 Å². The Morgan fingerprint density at radius 1 is 0.848 bits per heavy atom. The van der Waals surface area contributed by atoms with E-state index in [1.54, 1.807) is 17.2 Å². The third-order valence-electron chi connectivity index (χ3n) is 5.92. The molecular weight excluding hydrogens is 425 g/mol. The van der Waals surface area contributed by atoms with Gasteiger partial charge in [0.2, 0.25) is 0 Å². The zero-order chi connectivity index (χ0) is 23.4. The summed E-state index contributed by atoms with van der Waals surface area (Å²) in [4.78, 5) is 33.2. The van der Waals surface area contributed by atoms with E-state index in [-0.39, 0.29) is 6.42 Å². The Bertz CT molecular complexity index is 1090. The smallest absolute Gasteiger partial charge is 0.325 e. The number of hydroxylamine groups is 1. The van der Waals surface area contributed by atoms with Crippen LogP contribution in [0.15, 0.2) is 84.9 Å². The maximum atomic E-state index is 13.6. The van der Waals surface area contributed by atoms with Crippen LogP contribution in [0.4, 0.5) is 10.1 Å². The second kappa shape index (κ2) is 9.42. The normalized spacial score (nSPS) is 19.5. The van der Waals surface area contributed by atoms with Gasteiger partial charge in [-0.3, -0.25) is 14.4 Å². The molecule has 4 rings (SSSR count). The fourth-order valence-corrected chi connectivity index (χ4v) is 4.37. The highest BCUT2D eigenvalue weighted by Crippen LogP contribution is 2.53. The molecule has 1 heterocycles. The van der Waals surface area contributed by atoms with E-state index in [1.807, 2.05) is 60.7 Å². The zero-order valence-corrected chi connectivity index (χ0v) is 18.3. The van der Waals surface area contributed by atoms with Gasteiger partial charge in [0.1, 0.15) is 18.0 Å². The van der Waals surface area contributed by atoms with Crippen molar-refractivity contribution in [2.75, 3.05) is 19.3 Å². The van der Waals surface area contributed by atoms with Crippen molar-refractivity contribution in [3.63, 3.8) is 0 Å².